The number of nitrogens with two attached hydrogens (primary N) is 1. The van der Waals surface area contributed by atoms with Gasteiger partial charge < -0.3 is 20.3 Å². The van der Waals surface area contributed by atoms with Gasteiger partial charge in [0, 0.05) is 17.7 Å². The minimum Gasteiger partial charge on any atom is -0.493 e. The molecule has 0 radical (unpaired) electrons. The fraction of sp³-hybridized carbons (Fsp3) is 0.571. The number of methoxy groups -OCH3 is 2. The van der Waals surface area contributed by atoms with E-state index in [1.165, 1.54) is 0 Å². The van der Waals surface area contributed by atoms with Gasteiger partial charge in [0.25, 0.3) is 0 Å². The van der Waals surface area contributed by atoms with Crippen molar-refractivity contribution < 1.29 is 14.6 Å². The zero-order chi connectivity index (χ0) is 14.4. The molecule has 0 heterocycles. The minimum absolute atomic E-state index is 0.0733. The fourth-order valence-electron chi connectivity index (χ4n) is 2.05. The minimum atomic E-state index is 0.0733. The highest BCUT2D eigenvalue weighted by Gasteiger charge is 2.18. The van der Waals surface area contributed by atoms with Crippen molar-refractivity contribution in [1.29, 1.82) is 0 Å². The average Bonchev–Trinajstić information content (AvgIpc) is 2.41. The van der Waals surface area contributed by atoms with Crippen LogP contribution in [0.1, 0.15) is 12.5 Å². The van der Waals surface area contributed by atoms with Crippen LogP contribution in [0.15, 0.2) is 12.1 Å². The van der Waals surface area contributed by atoms with Crippen molar-refractivity contribution in [3.8, 4) is 11.5 Å². The largest absolute Gasteiger partial charge is 0.493 e. The van der Waals surface area contributed by atoms with Crippen LogP contribution in [0.5, 0.6) is 11.5 Å². The normalized spacial score (nSPS) is 14.0. The molecule has 108 valence electrons. The Kier molecular flexibility index (Phi) is 6.42. The van der Waals surface area contributed by atoms with Crippen LogP contribution in [-0.2, 0) is 6.42 Å². The standard InChI is InChI=1S/C14H22ClNO3/c1-9(11(7-16)8-17)4-10-5-13(18-2)14(19-3)6-12(10)15/h5-6,9,11,17H,4,7-8,16H2,1-3H3. The molecule has 4 nitrogen and oxygen atoms in total. The number of ether oxygens (including phenoxy) is 2. The lowest BCUT2D eigenvalue weighted by Crippen LogP contribution is -2.26. The molecular weight excluding hydrogens is 266 g/mol. The van der Waals surface area contributed by atoms with Crippen molar-refractivity contribution in [2.45, 2.75) is 13.3 Å². The monoisotopic (exact) mass is 287 g/mol. The van der Waals surface area contributed by atoms with Crippen LogP contribution in [0.2, 0.25) is 5.02 Å². The van der Waals surface area contributed by atoms with E-state index in [0.29, 0.717) is 23.1 Å². The van der Waals surface area contributed by atoms with Gasteiger partial charge in [-0.05, 0) is 36.4 Å². The molecule has 19 heavy (non-hydrogen) atoms. The van der Waals surface area contributed by atoms with Gasteiger partial charge in [-0.1, -0.05) is 18.5 Å². The number of aliphatic hydroxyl groups excluding tert-OH is 1. The Balaban J connectivity index is 2.95. The Morgan fingerprint density at radius 3 is 2.32 bits per heavy atom. The van der Waals surface area contributed by atoms with Gasteiger partial charge in [0.2, 0.25) is 0 Å². The number of benzene rings is 1. The van der Waals surface area contributed by atoms with E-state index < -0.39 is 0 Å². The molecule has 1 rings (SSSR count). The maximum atomic E-state index is 9.27. The van der Waals surface area contributed by atoms with Gasteiger partial charge in [-0.25, -0.2) is 0 Å². The number of rotatable bonds is 7. The summed E-state index contributed by atoms with van der Waals surface area (Å²) in [6.45, 7) is 2.60. The zero-order valence-corrected chi connectivity index (χ0v) is 12.4. The van der Waals surface area contributed by atoms with E-state index in [0.717, 1.165) is 12.0 Å². The van der Waals surface area contributed by atoms with Gasteiger partial charge >= 0.3 is 0 Å². The van der Waals surface area contributed by atoms with Crippen LogP contribution in [0.4, 0.5) is 0 Å². The van der Waals surface area contributed by atoms with Crippen molar-refractivity contribution in [2.75, 3.05) is 27.4 Å². The summed E-state index contributed by atoms with van der Waals surface area (Å²) in [5.74, 6) is 1.58. The molecule has 3 N–H and O–H groups in total. The van der Waals surface area contributed by atoms with Crippen LogP contribution >= 0.6 is 11.6 Å². The topological polar surface area (TPSA) is 64.7 Å². The van der Waals surface area contributed by atoms with Crippen LogP contribution in [0.25, 0.3) is 0 Å². The molecule has 0 fully saturated rings. The Morgan fingerprint density at radius 1 is 1.26 bits per heavy atom. The molecule has 0 spiro atoms. The first-order chi connectivity index (χ1) is 9.07. The van der Waals surface area contributed by atoms with Crippen molar-refractivity contribution >= 4 is 11.6 Å². The van der Waals surface area contributed by atoms with E-state index in [9.17, 15) is 5.11 Å². The predicted molar refractivity (Wildman–Crippen MR) is 77.1 cm³/mol. The first kappa shape index (κ1) is 16.1. The van der Waals surface area contributed by atoms with E-state index in [1.54, 1.807) is 20.3 Å². The molecule has 1 aromatic carbocycles. The summed E-state index contributed by atoms with van der Waals surface area (Å²) in [7, 11) is 3.17. The smallest absolute Gasteiger partial charge is 0.162 e. The lowest BCUT2D eigenvalue weighted by Gasteiger charge is -2.21. The highest BCUT2D eigenvalue weighted by atomic mass is 35.5. The predicted octanol–water partition coefficient (Wildman–Crippen LogP) is 2.10. The Bertz CT molecular complexity index is 408. The molecule has 1 aromatic rings. The number of halogens is 1. The summed E-state index contributed by atoms with van der Waals surface area (Å²) in [4.78, 5) is 0. The molecule has 0 aromatic heterocycles. The van der Waals surface area contributed by atoms with E-state index >= 15 is 0 Å². The van der Waals surface area contributed by atoms with Crippen LogP contribution in [-0.4, -0.2) is 32.5 Å². The summed E-state index contributed by atoms with van der Waals surface area (Å²) in [5, 5.41) is 9.91. The first-order valence-electron chi connectivity index (χ1n) is 6.28. The number of aliphatic hydroxyl groups is 1. The summed E-state index contributed by atoms with van der Waals surface area (Å²) in [6, 6.07) is 3.63. The summed E-state index contributed by atoms with van der Waals surface area (Å²) in [6.07, 6.45) is 0.738. The Hall–Kier alpha value is -0.970. The highest BCUT2D eigenvalue weighted by molar-refractivity contribution is 6.31. The van der Waals surface area contributed by atoms with Gasteiger partial charge in [-0.3, -0.25) is 0 Å². The lowest BCUT2D eigenvalue weighted by molar-refractivity contribution is 0.187. The van der Waals surface area contributed by atoms with Crippen LogP contribution in [0.3, 0.4) is 0 Å². The molecule has 2 unspecified atom stereocenters. The summed E-state index contributed by atoms with van der Waals surface area (Å²) >= 11 is 6.24. The van der Waals surface area contributed by atoms with Crippen molar-refractivity contribution in [3.05, 3.63) is 22.7 Å². The molecule has 0 saturated carbocycles. The quantitative estimate of drug-likeness (QED) is 0.806. The second-order valence-corrected chi connectivity index (χ2v) is 5.07. The van der Waals surface area contributed by atoms with E-state index in [-0.39, 0.29) is 18.4 Å². The van der Waals surface area contributed by atoms with Crippen LogP contribution in [0, 0.1) is 11.8 Å². The van der Waals surface area contributed by atoms with Gasteiger partial charge in [0.15, 0.2) is 11.5 Å². The second kappa shape index (κ2) is 7.58. The summed E-state index contributed by atoms with van der Waals surface area (Å²) < 4.78 is 10.5. The number of hydrogen-bond acceptors (Lipinski definition) is 4. The molecule has 2 atom stereocenters. The average molecular weight is 288 g/mol. The molecule has 0 aliphatic rings. The van der Waals surface area contributed by atoms with E-state index in [2.05, 4.69) is 6.92 Å². The van der Waals surface area contributed by atoms with E-state index in [4.69, 9.17) is 26.8 Å². The van der Waals surface area contributed by atoms with Gasteiger partial charge in [0.05, 0.1) is 14.2 Å². The highest BCUT2D eigenvalue weighted by Crippen LogP contribution is 2.34. The van der Waals surface area contributed by atoms with Crippen LogP contribution < -0.4 is 15.2 Å². The van der Waals surface area contributed by atoms with Gasteiger partial charge in [-0.15, -0.1) is 0 Å². The SMILES string of the molecule is COc1cc(Cl)c(CC(C)C(CN)CO)cc1OC. The lowest BCUT2D eigenvalue weighted by atomic mass is 9.89. The van der Waals surface area contributed by atoms with Crippen molar-refractivity contribution in [2.24, 2.45) is 17.6 Å². The van der Waals surface area contributed by atoms with Crippen molar-refractivity contribution in [3.63, 3.8) is 0 Å². The summed E-state index contributed by atoms with van der Waals surface area (Å²) in [5.41, 5.74) is 6.61. The molecule has 0 aliphatic carbocycles. The zero-order valence-electron chi connectivity index (χ0n) is 11.6. The molecule has 5 heteroatoms. The Labute approximate surface area is 119 Å². The van der Waals surface area contributed by atoms with Gasteiger partial charge in [0.1, 0.15) is 0 Å². The molecule has 0 amide bonds. The molecule has 0 aliphatic heterocycles. The maximum Gasteiger partial charge on any atom is 0.162 e. The third-order valence-electron chi connectivity index (χ3n) is 3.44. The van der Waals surface area contributed by atoms with Crippen molar-refractivity contribution in [1.82, 2.24) is 0 Å². The van der Waals surface area contributed by atoms with Gasteiger partial charge in [-0.2, -0.15) is 0 Å². The maximum absolute atomic E-state index is 9.27. The molecular formula is C14H22ClNO3. The third kappa shape index (κ3) is 4.00. The molecule has 0 saturated heterocycles. The Morgan fingerprint density at radius 2 is 1.84 bits per heavy atom. The second-order valence-electron chi connectivity index (χ2n) is 4.66. The fourth-order valence-corrected chi connectivity index (χ4v) is 2.28. The number of hydrogen-bond donors (Lipinski definition) is 2. The van der Waals surface area contributed by atoms with E-state index in [1.807, 2.05) is 6.07 Å². The molecule has 0 bridgehead atoms. The third-order valence-corrected chi connectivity index (χ3v) is 3.79. The first-order valence-corrected chi connectivity index (χ1v) is 6.66.